The summed E-state index contributed by atoms with van der Waals surface area (Å²) in [7, 11) is 1.16. The molecule has 0 aliphatic heterocycles. The van der Waals surface area contributed by atoms with Gasteiger partial charge in [0.05, 0.1) is 13.2 Å². The van der Waals surface area contributed by atoms with Crippen molar-refractivity contribution in [2.45, 2.75) is 38.1 Å². The lowest BCUT2D eigenvalue weighted by molar-refractivity contribution is -0.148. The lowest BCUT2D eigenvalue weighted by atomic mass is 10.0. The zero-order valence-corrected chi connectivity index (χ0v) is 16.9. The molecule has 0 saturated heterocycles. The fraction of sp³-hybridized carbons (Fsp3) is 0.318. The summed E-state index contributed by atoms with van der Waals surface area (Å²) in [6.45, 7) is 1.40. The Morgan fingerprint density at radius 2 is 1.50 bits per heavy atom. The van der Waals surface area contributed by atoms with E-state index in [0.717, 1.165) is 18.2 Å². The lowest BCUT2D eigenvalue weighted by Crippen LogP contribution is -2.55. The predicted molar refractivity (Wildman–Crippen MR) is 109 cm³/mol. The van der Waals surface area contributed by atoms with Gasteiger partial charge in [0.2, 0.25) is 5.91 Å². The second kappa shape index (κ2) is 11.6. The molecule has 0 bridgehead atoms. The second-order valence-electron chi connectivity index (χ2n) is 6.70. The first kappa shape index (κ1) is 22.9. The molecule has 2 rings (SSSR count). The molecule has 3 atom stereocenters. The first-order valence-electron chi connectivity index (χ1n) is 9.48. The van der Waals surface area contributed by atoms with Gasteiger partial charge in [-0.3, -0.25) is 4.79 Å². The minimum absolute atomic E-state index is 0.0464. The Kier molecular flexibility index (Phi) is 8.83. The second-order valence-corrected chi connectivity index (χ2v) is 6.70. The quantitative estimate of drug-likeness (QED) is 0.537. The number of rotatable bonds is 9. The molecular formula is C22H26N2O6. The van der Waals surface area contributed by atoms with E-state index in [9.17, 15) is 19.5 Å². The van der Waals surface area contributed by atoms with E-state index in [1.54, 1.807) is 0 Å². The molecule has 3 unspecified atom stereocenters. The van der Waals surface area contributed by atoms with Crippen LogP contribution >= 0.6 is 0 Å². The van der Waals surface area contributed by atoms with Gasteiger partial charge in [-0.1, -0.05) is 60.7 Å². The summed E-state index contributed by atoms with van der Waals surface area (Å²) in [6.07, 6.45) is -1.79. The highest BCUT2D eigenvalue weighted by Gasteiger charge is 2.30. The first-order chi connectivity index (χ1) is 14.4. The Morgan fingerprint density at radius 3 is 2.03 bits per heavy atom. The van der Waals surface area contributed by atoms with Gasteiger partial charge < -0.3 is 25.2 Å². The number of benzene rings is 2. The molecule has 0 heterocycles. The minimum atomic E-state index is -1.26. The van der Waals surface area contributed by atoms with Gasteiger partial charge in [0, 0.05) is 6.42 Å². The third kappa shape index (κ3) is 7.21. The van der Waals surface area contributed by atoms with Crippen LogP contribution in [0.4, 0.5) is 4.79 Å². The summed E-state index contributed by atoms with van der Waals surface area (Å²) >= 11 is 0. The third-order valence-corrected chi connectivity index (χ3v) is 4.34. The molecule has 30 heavy (non-hydrogen) atoms. The first-order valence-corrected chi connectivity index (χ1v) is 9.48. The van der Waals surface area contributed by atoms with Crippen LogP contribution in [0.3, 0.4) is 0 Å². The van der Waals surface area contributed by atoms with E-state index in [4.69, 9.17) is 4.74 Å². The van der Waals surface area contributed by atoms with Crippen molar-refractivity contribution in [2.75, 3.05) is 7.11 Å². The van der Waals surface area contributed by atoms with Crippen LogP contribution in [0.25, 0.3) is 0 Å². The number of nitrogens with one attached hydrogen (secondary N) is 2. The van der Waals surface area contributed by atoms with E-state index >= 15 is 0 Å². The Bertz CT molecular complexity index is 826. The summed E-state index contributed by atoms with van der Waals surface area (Å²) < 4.78 is 9.81. The SMILES string of the molecule is COC(=O)C(NC(=O)C(Cc1ccccc1)NC(=O)OCc1ccccc1)C(C)O. The van der Waals surface area contributed by atoms with Crippen molar-refractivity contribution in [3.05, 3.63) is 71.8 Å². The third-order valence-electron chi connectivity index (χ3n) is 4.34. The molecule has 8 heteroatoms. The highest BCUT2D eigenvalue weighted by molar-refractivity contribution is 5.90. The predicted octanol–water partition coefficient (Wildman–Crippen LogP) is 1.56. The van der Waals surface area contributed by atoms with Crippen molar-refractivity contribution in [2.24, 2.45) is 0 Å². The molecule has 3 N–H and O–H groups in total. The van der Waals surface area contributed by atoms with Gasteiger partial charge in [0.1, 0.15) is 12.6 Å². The summed E-state index contributed by atoms with van der Waals surface area (Å²) in [5, 5.41) is 14.8. The highest BCUT2D eigenvalue weighted by atomic mass is 16.5. The average molecular weight is 414 g/mol. The van der Waals surface area contributed by atoms with Crippen molar-refractivity contribution >= 4 is 18.0 Å². The van der Waals surface area contributed by atoms with E-state index in [1.807, 2.05) is 60.7 Å². The van der Waals surface area contributed by atoms with Crippen LogP contribution in [-0.4, -0.2) is 48.4 Å². The van der Waals surface area contributed by atoms with Gasteiger partial charge in [-0.15, -0.1) is 0 Å². The number of aliphatic hydroxyl groups excluding tert-OH is 1. The zero-order chi connectivity index (χ0) is 21.9. The number of alkyl carbamates (subject to hydrolysis) is 1. The Balaban J connectivity index is 2.08. The van der Waals surface area contributed by atoms with Crippen LogP contribution in [0.2, 0.25) is 0 Å². The molecule has 0 saturated carbocycles. The fourth-order valence-electron chi connectivity index (χ4n) is 2.72. The van der Waals surface area contributed by atoms with Crippen molar-refractivity contribution in [3.63, 3.8) is 0 Å². The maximum Gasteiger partial charge on any atom is 0.408 e. The molecule has 2 aromatic carbocycles. The van der Waals surface area contributed by atoms with Crippen molar-refractivity contribution in [1.29, 1.82) is 0 Å². The van der Waals surface area contributed by atoms with Crippen molar-refractivity contribution in [1.82, 2.24) is 10.6 Å². The zero-order valence-electron chi connectivity index (χ0n) is 16.9. The van der Waals surface area contributed by atoms with Crippen LogP contribution in [0.15, 0.2) is 60.7 Å². The molecule has 0 spiro atoms. The van der Waals surface area contributed by atoms with Gasteiger partial charge in [0.25, 0.3) is 0 Å². The smallest absolute Gasteiger partial charge is 0.408 e. The number of aliphatic hydroxyl groups is 1. The number of hydrogen-bond acceptors (Lipinski definition) is 6. The summed E-state index contributed by atoms with van der Waals surface area (Å²) in [5.41, 5.74) is 1.60. The summed E-state index contributed by atoms with van der Waals surface area (Å²) in [6, 6.07) is 15.9. The summed E-state index contributed by atoms with van der Waals surface area (Å²) in [4.78, 5) is 36.9. The maximum atomic E-state index is 12.8. The van der Waals surface area contributed by atoms with E-state index < -0.39 is 36.2 Å². The van der Waals surface area contributed by atoms with Crippen LogP contribution in [0, 0.1) is 0 Å². The van der Waals surface area contributed by atoms with E-state index in [0.29, 0.717) is 0 Å². The molecule has 0 aliphatic rings. The maximum absolute atomic E-state index is 12.8. The number of ether oxygens (including phenoxy) is 2. The minimum Gasteiger partial charge on any atom is -0.467 e. The van der Waals surface area contributed by atoms with Crippen LogP contribution in [-0.2, 0) is 32.1 Å². The topological polar surface area (TPSA) is 114 Å². The molecule has 160 valence electrons. The number of methoxy groups -OCH3 is 1. The Morgan fingerprint density at radius 1 is 0.933 bits per heavy atom. The normalized spacial score (nSPS) is 13.4. The number of hydrogen-bond donors (Lipinski definition) is 3. The molecular weight excluding hydrogens is 388 g/mol. The molecule has 2 amide bonds. The fourth-order valence-corrected chi connectivity index (χ4v) is 2.72. The number of carbonyl (C=O) groups excluding carboxylic acids is 3. The van der Waals surface area contributed by atoms with Crippen molar-refractivity contribution < 1.29 is 29.0 Å². The number of esters is 1. The van der Waals surface area contributed by atoms with Gasteiger partial charge in [0.15, 0.2) is 6.04 Å². The van der Waals surface area contributed by atoms with Gasteiger partial charge in [-0.25, -0.2) is 9.59 Å². The van der Waals surface area contributed by atoms with Crippen LogP contribution in [0.1, 0.15) is 18.1 Å². The molecule has 0 radical (unpaired) electrons. The Hall–Kier alpha value is -3.39. The number of carbonyl (C=O) groups is 3. The summed E-state index contributed by atoms with van der Waals surface area (Å²) in [5.74, 6) is -1.43. The Labute approximate surface area is 175 Å². The van der Waals surface area contributed by atoms with Crippen LogP contribution in [0.5, 0.6) is 0 Å². The molecule has 8 nitrogen and oxygen atoms in total. The van der Waals surface area contributed by atoms with Crippen molar-refractivity contribution in [3.8, 4) is 0 Å². The standard InChI is InChI=1S/C22H26N2O6/c1-15(25)19(21(27)29-2)24-20(26)18(13-16-9-5-3-6-10-16)23-22(28)30-14-17-11-7-4-8-12-17/h3-12,15,18-19,25H,13-14H2,1-2H3,(H,23,28)(H,24,26). The van der Waals surface area contributed by atoms with E-state index in [2.05, 4.69) is 15.4 Å². The lowest BCUT2D eigenvalue weighted by Gasteiger charge is -2.23. The highest BCUT2D eigenvalue weighted by Crippen LogP contribution is 2.07. The average Bonchev–Trinajstić information content (AvgIpc) is 2.76. The molecule has 0 aromatic heterocycles. The number of amides is 2. The van der Waals surface area contributed by atoms with E-state index in [1.165, 1.54) is 6.92 Å². The largest absolute Gasteiger partial charge is 0.467 e. The monoisotopic (exact) mass is 414 g/mol. The van der Waals surface area contributed by atoms with E-state index in [-0.39, 0.29) is 13.0 Å². The van der Waals surface area contributed by atoms with Gasteiger partial charge in [-0.2, -0.15) is 0 Å². The molecule has 0 fully saturated rings. The molecule has 2 aromatic rings. The molecule has 0 aliphatic carbocycles. The van der Waals surface area contributed by atoms with Gasteiger partial charge in [-0.05, 0) is 18.1 Å². The van der Waals surface area contributed by atoms with Gasteiger partial charge >= 0.3 is 12.1 Å². The van der Waals surface area contributed by atoms with Crippen LogP contribution < -0.4 is 10.6 Å².